The van der Waals surface area contributed by atoms with Crippen molar-refractivity contribution >= 4 is 11.9 Å². The third-order valence-corrected chi connectivity index (χ3v) is 5.18. The summed E-state index contributed by atoms with van der Waals surface area (Å²) >= 11 is 0. The molecule has 0 aliphatic carbocycles. The van der Waals surface area contributed by atoms with Crippen LogP contribution in [-0.2, 0) is 6.42 Å². The first-order valence-corrected chi connectivity index (χ1v) is 11.0. The van der Waals surface area contributed by atoms with Crippen LogP contribution in [0, 0.1) is 0 Å². The minimum Gasteiger partial charge on any atom is -0.497 e. The maximum absolute atomic E-state index is 12.2. The summed E-state index contributed by atoms with van der Waals surface area (Å²) in [6.45, 7) is 4.19. The van der Waals surface area contributed by atoms with E-state index >= 15 is 0 Å². The van der Waals surface area contributed by atoms with E-state index in [0.29, 0.717) is 12.1 Å². The van der Waals surface area contributed by atoms with Gasteiger partial charge in [-0.1, -0.05) is 24.3 Å². The lowest BCUT2D eigenvalue weighted by atomic mass is 10.1. The second kappa shape index (κ2) is 12.7. The normalized spacial score (nSPS) is 12.4. The second-order valence-corrected chi connectivity index (χ2v) is 8.05. The van der Waals surface area contributed by atoms with Crippen molar-refractivity contribution in [2.45, 2.75) is 19.4 Å². The fraction of sp³-hybridized carbons (Fsp3) is 0.440. The topological polar surface area (TPSA) is 69.2 Å². The van der Waals surface area contributed by atoms with E-state index in [0.717, 1.165) is 36.8 Å². The molecule has 0 saturated heterocycles. The standard InChI is InChI=1S/C25H37N5O2/c1-7-26-25(27-16-15-19-9-8-10-21(17-19)24(31)30(4)5)28-18-23(29(2)3)20-11-13-22(32-6)14-12-20/h8-14,17,23H,7,15-16,18H2,1-6H3,(H2,26,27,28). The number of carbonyl (C=O) groups excluding carboxylic acids is 1. The molecule has 0 fully saturated rings. The van der Waals surface area contributed by atoms with Crippen molar-refractivity contribution in [3.05, 3.63) is 65.2 Å². The van der Waals surface area contributed by atoms with Gasteiger partial charge in [0.05, 0.1) is 19.7 Å². The molecule has 0 bridgehead atoms. The molecule has 2 N–H and O–H groups in total. The molecule has 0 aromatic heterocycles. The highest BCUT2D eigenvalue weighted by Crippen LogP contribution is 2.21. The molecule has 0 saturated carbocycles. The molecule has 0 radical (unpaired) electrons. The Bertz CT molecular complexity index is 878. The Morgan fingerprint density at radius 3 is 2.38 bits per heavy atom. The summed E-state index contributed by atoms with van der Waals surface area (Å²) in [6, 6.07) is 16.1. The van der Waals surface area contributed by atoms with Crippen LogP contribution in [0.5, 0.6) is 5.75 Å². The molecule has 32 heavy (non-hydrogen) atoms. The molecular weight excluding hydrogens is 402 g/mol. The van der Waals surface area contributed by atoms with Gasteiger partial charge in [-0.25, -0.2) is 0 Å². The van der Waals surface area contributed by atoms with Crippen LogP contribution in [0.3, 0.4) is 0 Å². The summed E-state index contributed by atoms with van der Waals surface area (Å²) in [6.07, 6.45) is 0.800. The van der Waals surface area contributed by atoms with Crippen molar-refractivity contribution in [3.8, 4) is 5.75 Å². The third-order valence-electron chi connectivity index (χ3n) is 5.18. The van der Waals surface area contributed by atoms with Gasteiger partial charge in [-0.3, -0.25) is 9.79 Å². The first kappa shape index (κ1) is 25.2. The number of hydrogen-bond acceptors (Lipinski definition) is 4. The van der Waals surface area contributed by atoms with Crippen LogP contribution in [-0.4, -0.2) is 76.6 Å². The number of amides is 1. The predicted molar refractivity (Wildman–Crippen MR) is 132 cm³/mol. The van der Waals surface area contributed by atoms with Gasteiger partial charge in [0.15, 0.2) is 5.96 Å². The van der Waals surface area contributed by atoms with Gasteiger partial charge in [0.1, 0.15) is 5.75 Å². The maximum Gasteiger partial charge on any atom is 0.253 e. The van der Waals surface area contributed by atoms with Crippen LogP contribution in [0.1, 0.15) is 34.5 Å². The third kappa shape index (κ3) is 7.57. The van der Waals surface area contributed by atoms with Crippen LogP contribution in [0.4, 0.5) is 0 Å². The van der Waals surface area contributed by atoms with Gasteiger partial charge in [-0.2, -0.15) is 0 Å². The Hall–Kier alpha value is -3.06. The highest BCUT2D eigenvalue weighted by Gasteiger charge is 2.14. The van der Waals surface area contributed by atoms with Gasteiger partial charge in [-0.05, 0) is 62.8 Å². The Morgan fingerprint density at radius 2 is 1.78 bits per heavy atom. The lowest BCUT2D eigenvalue weighted by Crippen LogP contribution is -2.39. The average Bonchev–Trinajstić information content (AvgIpc) is 2.79. The zero-order valence-electron chi connectivity index (χ0n) is 20.2. The first-order chi connectivity index (χ1) is 15.3. The van der Waals surface area contributed by atoms with Gasteiger partial charge in [0.25, 0.3) is 5.91 Å². The molecule has 7 heteroatoms. The van der Waals surface area contributed by atoms with Crippen molar-refractivity contribution in [3.63, 3.8) is 0 Å². The number of likely N-dealkylation sites (N-methyl/N-ethyl adjacent to an activating group) is 1. The molecule has 2 aromatic carbocycles. The number of benzene rings is 2. The molecule has 0 aliphatic heterocycles. The van der Waals surface area contributed by atoms with Gasteiger partial charge in [0.2, 0.25) is 0 Å². The molecule has 1 amide bonds. The fourth-order valence-corrected chi connectivity index (χ4v) is 3.36. The maximum atomic E-state index is 12.2. The Balaban J connectivity index is 2.01. The molecule has 2 aromatic rings. The molecule has 7 nitrogen and oxygen atoms in total. The van der Waals surface area contributed by atoms with E-state index in [2.05, 4.69) is 48.7 Å². The zero-order valence-corrected chi connectivity index (χ0v) is 20.2. The van der Waals surface area contributed by atoms with Crippen molar-refractivity contribution in [2.75, 3.05) is 54.9 Å². The van der Waals surface area contributed by atoms with Crippen LogP contribution in [0.15, 0.2) is 53.5 Å². The Labute approximate surface area is 192 Å². The first-order valence-electron chi connectivity index (χ1n) is 11.0. The number of nitrogens with zero attached hydrogens (tertiary/aromatic N) is 3. The highest BCUT2D eigenvalue weighted by molar-refractivity contribution is 5.94. The number of methoxy groups -OCH3 is 1. The summed E-state index contributed by atoms with van der Waals surface area (Å²) < 4.78 is 5.27. The van der Waals surface area contributed by atoms with E-state index in [1.165, 1.54) is 5.56 Å². The molecule has 1 unspecified atom stereocenters. The molecule has 174 valence electrons. The number of rotatable bonds is 10. The van der Waals surface area contributed by atoms with Crippen LogP contribution < -0.4 is 15.4 Å². The summed E-state index contributed by atoms with van der Waals surface area (Å²) in [5, 5.41) is 6.73. The lowest BCUT2D eigenvalue weighted by molar-refractivity contribution is 0.0827. The van der Waals surface area contributed by atoms with Gasteiger partial charge >= 0.3 is 0 Å². The number of carbonyl (C=O) groups is 1. The van der Waals surface area contributed by atoms with E-state index in [1.807, 2.05) is 36.4 Å². The predicted octanol–water partition coefficient (Wildman–Crippen LogP) is 2.80. The van der Waals surface area contributed by atoms with E-state index in [9.17, 15) is 4.79 Å². The number of ether oxygens (including phenoxy) is 1. The summed E-state index contributed by atoms with van der Waals surface area (Å²) in [4.78, 5) is 20.8. The lowest BCUT2D eigenvalue weighted by Gasteiger charge is -2.24. The average molecular weight is 440 g/mol. The highest BCUT2D eigenvalue weighted by atomic mass is 16.5. The van der Waals surface area contributed by atoms with Gasteiger partial charge in [0, 0.05) is 32.7 Å². The van der Waals surface area contributed by atoms with Crippen molar-refractivity contribution < 1.29 is 9.53 Å². The molecule has 0 spiro atoms. The SMILES string of the molecule is CCNC(=NCC(c1ccc(OC)cc1)N(C)C)NCCc1cccc(C(=O)N(C)C)c1. The quantitative estimate of drug-likeness (QED) is 0.440. The van der Waals surface area contributed by atoms with Crippen LogP contribution in [0.25, 0.3) is 0 Å². The monoisotopic (exact) mass is 439 g/mol. The van der Waals surface area contributed by atoms with Crippen molar-refractivity contribution in [1.82, 2.24) is 20.4 Å². The van der Waals surface area contributed by atoms with E-state index < -0.39 is 0 Å². The minimum absolute atomic E-state index is 0.0166. The van der Waals surface area contributed by atoms with Gasteiger partial charge in [-0.15, -0.1) is 0 Å². The number of guanidine groups is 1. The van der Waals surface area contributed by atoms with Gasteiger partial charge < -0.3 is 25.2 Å². The molecule has 2 rings (SSSR count). The molecule has 1 atom stereocenters. The number of hydrogen-bond donors (Lipinski definition) is 2. The summed E-state index contributed by atoms with van der Waals surface area (Å²) in [5.74, 6) is 1.65. The molecule has 0 heterocycles. The van der Waals surface area contributed by atoms with E-state index in [1.54, 1.807) is 26.1 Å². The Kier molecular flexibility index (Phi) is 10.0. The van der Waals surface area contributed by atoms with E-state index in [4.69, 9.17) is 9.73 Å². The summed E-state index contributed by atoms with van der Waals surface area (Å²) in [7, 11) is 9.33. The van der Waals surface area contributed by atoms with Crippen molar-refractivity contribution in [2.24, 2.45) is 4.99 Å². The largest absolute Gasteiger partial charge is 0.497 e. The summed E-state index contributed by atoms with van der Waals surface area (Å²) in [5.41, 5.74) is 3.02. The zero-order chi connectivity index (χ0) is 23.5. The van der Waals surface area contributed by atoms with Crippen molar-refractivity contribution in [1.29, 1.82) is 0 Å². The smallest absolute Gasteiger partial charge is 0.253 e. The number of aliphatic imine (C=N–C) groups is 1. The second-order valence-electron chi connectivity index (χ2n) is 8.05. The van der Waals surface area contributed by atoms with Crippen LogP contribution >= 0.6 is 0 Å². The fourth-order valence-electron chi connectivity index (χ4n) is 3.36. The van der Waals surface area contributed by atoms with E-state index in [-0.39, 0.29) is 11.9 Å². The van der Waals surface area contributed by atoms with Crippen LogP contribution in [0.2, 0.25) is 0 Å². The molecule has 0 aliphatic rings. The molecular formula is C25H37N5O2. The Morgan fingerprint density at radius 1 is 1.06 bits per heavy atom. The minimum atomic E-state index is 0.0166. The number of nitrogens with one attached hydrogen (secondary N) is 2.